The van der Waals surface area contributed by atoms with Gasteiger partial charge in [0, 0.05) is 13.7 Å². The topological polar surface area (TPSA) is 55.4 Å². The van der Waals surface area contributed by atoms with Crippen molar-refractivity contribution >= 4 is 11.1 Å². The molecule has 0 amide bonds. The van der Waals surface area contributed by atoms with Gasteiger partial charge in [-0.25, -0.2) is 4.79 Å². The third-order valence-electron chi connectivity index (χ3n) is 2.48. The number of aryl methyl sites for hydroxylation is 2. The first-order valence-electron chi connectivity index (χ1n) is 4.91. The van der Waals surface area contributed by atoms with Crippen molar-refractivity contribution in [3.8, 4) is 0 Å². The summed E-state index contributed by atoms with van der Waals surface area (Å²) in [5.74, 6) is -0.343. The summed E-state index contributed by atoms with van der Waals surface area (Å²) < 4.78 is 6.54. The first-order chi connectivity index (χ1) is 7.22. The maximum Gasteiger partial charge on any atom is 0.419 e. The fourth-order valence-electron chi connectivity index (χ4n) is 1.62. The summed E-state index contributed by atoms with van der Waals surface area (Å²) in [6.07, 6.45) is 1.52. The number of nitrogens with zero attached hydrogens (tertiary/aromatic N) is 1. The van der Waals surface area contributed by atoms with Crippen molar-refractivity contribution < 1.29 is 9.52 Å². The minimum atomic E-state index is -0.343. The van der Waals surface area contributed by atoms with Gasteiger partial charge in [0.25, 0.3) is 0 Å². The average Bonchev–Trinajstić information content (AvgIpc) is 2.52. The van der Waals surface area contributed by atoms with Gasteiger partial charge < -0.3 is 9.52 Å². The van der Waals surface area contributed by atoms with Crippen molar-refractivity contribution in [2.75, 3.05) is 6.61 Å². The molecule has 1 aromatic heterocycles. The van der Waals surface area contributed by atoms with Crippen molar-refractivity contribution in [1.82, 2.24) is 4.57 Å². The molecule has 80 valence electrons. The van der Waals surface area contributed by atoms with E-state index in [-0.39, 0.29) is 12.4 Å². The van der Waals surface area contributed by atoms with E-state index in [2.05, 4.69) is 0 Å². The molecule has 0 fully saturated rings. The highest BCUT2D eigenvalue weighted by molar-refractivity contribution is 5.73. The summed E-state index contributed by atoms with van der Waals surface area (Å²) >= 11 is 0. The minimum Gasteiger partial charge on any atom is -0.408 e. The average molecular weight is 207 g/mol. The summed E-state index contributed by atoms with van der Waals surface area (Å²) in [6.45, 7) is 0.177. The van der Waals surface area contributed by atoms with Crippen LogP contribution in [-0.4, -0.2) is 16.3 Å². The number of fused-ring (bicyclic) bond motifs is 1. The molecule has 0 radical (unpaired) electrons. The lowest BCUT2D eigenvalue weighted by Gasteiger charge is -1.98. The number of benzene rings is 1. The third-order valence-corrected chi connectivity index (χ3v) is 2.48. The summed E-state index contributed by atoms with van der Waals surface area (Å²) in [6, 6.07) is 5.67. The fraction of sp³-hybridized carbons (Fsp3) is 0.364. The fourth-order valence-corrected chi connectivity index (χ4v) is 1.62. The molecular weight excluding hydrogens is 194 g/mol. The zero-order valence-electron chi connectivity index (χ0n) is 8.56. The summed E-state index contributed by atoms with van der Waals surface area (Å²) in [4.78, 5) is 11.2. The zero-order valence-corrected chi connectivity index (χ0v) is 8.56. The molecule has 2 rings (SSSR count). The molecule has 1 N–H and O–H groups in total. The summed E-state index contributed by atoms with van der Waals surface area (Å²) in [5.41, 5.74) is 2.48. The molecule has 4 heteroatoms. The molecule has 0 atom stereocenters. The first kappa shape index (κ1) is 9.98. The van der Waals surface area contributed by atoms with Gasteiger partial charge >= 0.3 is 5.76 Å². The Bertz CT molecular complexity index is 524. The molecule has 1 aromatic carbocycles. The Morgan fingerprint density at radius 2 is 2.27 bits per heavy atom. The van der Waals surface area contributed by atoms with Gasteiger partial charge in [0.15, 0.2) is 5.58 Å². The lowest BCUT2D eigenvalue weighted by atomic mass is 10.1. The van der Waals surface area contributed by atoms with Gasteiger partial charge in [0.1, 0.15) is 0 Å². The third kappa shape index (κ3) is 1.80. The monoisotopic (exact) mass is 207 g/mol. The maximum absolute atomic E-state index is 11.2. The van der Waals surface area contributed by atoms with Gasteiger partial charge in [0.05, 0.1) is 5.52 Å². The van der Waals surface area contributed by atoms with Gasteiger partial charge in [-0.1, -0.05) is 6.07 Å². The molecule has 0 saturated carbocycles. The number of hydrogen-bond acceptors (Lipinski definition) is 3. The largest absolute Gasteiger partial charge is 0.419 e. The Morgan fingerprint density at radius 1 is 1.47 bits per heavy atom. The van der Waals surface area contributed by atoms with E-state index in [1.165, 1.54) is 4.57 Å². The van der Waals surface area contributed by atoms with Crippen LogP contribution in [0.5, 0.6) is 0 Å². The highest BCUT2D eigenvalue weighted by atomic mass is 16.4. The van der Waals surface area contributed by atoms with E-state index in [0.717, 1.165) is 23.9 Å². The highest BCUT2D eigenvalue weighted by Gasteiger charge is 2.05. The number of aromatic nitrogens is 1. The number of aliphatic hydroxyl groups excluding tert-OH is 1. The van der Waals surface area contributed by atoms with Gasteiger partial charge in [-0.15, -0.1) is 0 Å². The predicted molar refractivity (Wildman–Crippen MR) is 56.9 cm³/mol. The molecule has 0 bridgehead atoms. The van der Waals surface area contributed by atoms with E-state index in [0.29, 0.717) is 5.58 Å². The molecule has 0 unspecified atom stereocenters. The van der Waals surface area contributed by atoms with Gasteiger partial charge in [-0.2, -0.15) is 0 Å². The number of aliphatic hydroxyl groups is 1. The molecular formula is C11H13NO3. The van der Waals surface area contributed by atoms with Gasteiger partial charge in [0.2, 0.25) is 0 Å². The predicted octanol–water partition coefficient (Wildman–Crippen LogP) is 1.06. The maximum atomic E-state index is 11.2. The Morgan fingerprint density at radius 3 is 3.00 bits per heavy atom. The molecule has 0 saturated heterocycles. The van der Waals surface area contributed by atoms with Crippen LogP contribution in [0.1, 0.15) is 12.0 Å². The van der Waals surface area contributed by atoms with E-state index in [4.69, 9.17) is 9.52 Å². The van der Waals surface area contributed by atoms with E-state index in [9.17, 15) is 4.79 Å². The molecule has 0 aliphatic heterocycles. The quantitative estimate of drug-likeness (QED) is 0.818. The normalized spacial score (nSPS) is 11.1. The van der Waals surface area contributed by atoms with Crippen LogP contribution < -0.4 is 5.76 Å². The van der Waals surface area contributed by atoms with Crippen LogP contribution in [0.25, 0.3) is 11.1 Å². The number of rotatable bonds is 3. The molecule has 15 heavy (non-hydrogen) atoms. The minimum absolute atomic E-state index is 0.177. The van der Waals surface area contributed by atoms with Crippen LogP contribution in [0.4, 0.5) is 0 Å². The summed E-state index contributed by atoms with van der Waals surface area (Å²) in [7, 11) is 1.68. The smallest absolute Gasteiger partial charge is 0.408 e. The number of oxazole rings is 1. The van der Waals surface area contributed by atoms with Crippen molar-refractivity contribution in [1.29, 1.82) is 0 Å². The molecule has 0 aliphatic carbocycles. The second-order valence-corrected chi connectivity index (χ2v) is 3.56. The molecule has 0 aliphatic rings. The van der Waals surface area contributed by atoms with Crippen LogP contribution in [-0.2, 0) is 13.5 Å². The Kier molecular flexibility index (Phi) is 2.60. The lowest BCUT2D eigenvalue weighted by molar-refractivity contribution is 0.288. The van der Waals surface area contributed by atoms with Crippen molar-refractivity contribution in [3.63, 3.8) is 0 Å². The Hall–Kier alpha value is -1.55. The Balaban J connectivity index is 2.43. The van der Waals surface area contributed by atoms with Crippen LogP contribution in [0, 0.1) is 0 Å². The standard InChI is InChI=1S/C11H13NO3/c1-12-9-5-4-8(3-2-6-13)7-10(9)15-11(12)14/h4-5,7,13H,2-3,6H2,1H3. The van der Waals surface area contributed by atoms with Crippen molar-refractivity contribution in [3.05, 3.63) is 34.3 Å². The van der Waals surface area contributed by atoms with E-state index < -0.39 is 0 Å². The molecule has 0 spiro atoms. The van der Waals surface area contributed by atoms with E-state index >= 15 is 0 Å². The van der Waals surface area contributed by atoms with Crippen LogP contribution in [0.3, 0.4) is 0 Å². The van der Waals surface area contributed by atoms with Crippen LogP contribution in [0.15, 0.2) is 27.4 Å². The second kappa shape index (κ2) is 3.90. The van der Waals surface area contributed by atoms with Crippen LogP contribution in [0.2, 0.25) is 0 Å². The van der Waals surface area contributed by atoms with Gasteiger partial charge in [-0.05, 0) is 30.5 Å². The second-order valence-electron chi connectivity index (χ2n) is 3.56. The van der Waals surface area contributed by atoms with Crippen molar-refractivity contribution in [2.24, 2.45) is 7.05 Å². The lowest BCUT2D eigenvalue weighted by Crippen LogP contribution is -2.08. The summed E-state index contributed by atoms with van der Waals surface area (Å²) in [5, 5.41) is 8.71. The highest BCUT2D eigenvalue weighted by Crippen LogP contribution is 2.15. The number of hydrogen-bond donors (Lipinski definition) is 1. The SMILES string of the molecule is Cn1c(=O)oc2cc(CCCO)ccc21. The van der Waals surface area contributed by atoms with E-state index in [1.807, 2.05) is 18.2 Å². The molecule has 1 heterocycles. The van der Waals surface area contributed by atoms with E-state index in [1.54, 1.807) is 7.05 Å². The van der Waals surface area contributed by atoms with Gasteiger partial charge in [-0.3, -0.25) is 4.57 Å². The molecule has 2 aromatic rings. The first-order valence-corrected chi connectivity index (χ1v) is 4.91. The molecule has 4 nitrogen and oxygen atoms in total. The zero-order chi connectivity index (χ0) is 10.8. The Labute approximate surface area is 86.8 Å². The van der Waals surface area contributed by atoms with Crippen LogP contribution >= 0.6 is 0 Å². The van der Waals surface area contributed by atoms with Crippen molar-refractivity contribution in [2.45, 2.75) is 12.8 Å².